The van der Waals surface area contributed by atoms with Crippen molar-refractivity contribution in [3.05, 3.63) is 46.1 Å². The molecule has 0 aromatic heterocycles. The summed E-state index contributed by atoms with van der Waals surface area (Å²) in [5, 5.41) is 10.4. The average molecular weight is 322 g/mol. The van der Waals surface area contributed by atoms with Crippen molar-refractivity contribution in [1.82, 2.24) is 16.0 Å². The molecule has 3 rings (SSSR count). The third-order valence-electron chi connectivity index (χ3n) is 3.61. The zero-order valence-electron chi connectivity index (χ0n) is 11.6. The van der Waals surface area contributed by atoms with Crippen molar-refractivity contribution in [1.29, 1.82) is 0 Å². The van der Waals surface area contributed by atoms with E-state index in [-0.39, 0.29) is 11.9 Å². The number of rotatable bonds is 3. The van der Waals surface area contributed by atoms with Gasteiger partial charge in [-0.15, -0.1) is 0 Å². The van der Waals surface area contributed by atoms with Gasteiger partial charge in [0.25, 0.3) is 5.91 Å². The number of amides is 1. The van der Waals surface area contributed by atoms with E-state index in [2.05, 4.69) is 16.0 Å². The lowest BCUT2D eigenvalue weighted by Gasteiger charge is -2.30. The van der Waals surface area contributed by atoms with Crippen LogP contribution in [0.2, 0.25) is 5.02 Å². The predicted octanol–water partition coefficient (Wildman–Crippen LogP) is 2.41. The molecule has 1 aromatic carbocycles. The third-order valence-corrected chi connectivity index (χ3v) is 4.06. The third kappa shape index (κ3) is 3.19. The van der Waals surface area contributed by atoms with Crippen molar-refractivity contribution in [3.63, 3.8) is 0 Å². The van der Waals surface area contributed by atoms with Crippen molar-refractivity contribution in [3.8, 4) is 0 Å². The molecule has 1 amide bonds. The molecule has 1 aromatic rings. The molecule has 21 heavy (non-hydrogen) atoms. The van der Waals surface area contributed by atoms with Gasteiger partial charge in [-0.3, -0.25) is 4.79 Å². The molecule has 0 unspecified atom stereocenters. The molecule has 3 N–H and O–H groups in total. The Morgan fingerprint density at radius 1 is 1.43 bits per heavy atom. The fraction of sp³-hybridized carbons (Fsp3) is 0.333. The Balaban J connectivity index is 1.96. The highest BCUT2D eigenvalue weighted by atomic mass is 35.5. The second-order valence-electron chi connectivity index (χ2n) is 5.37. The first kappa shape index (κ1) is 14.4. The number of benzene rings is 1. The Hall–Kier alpha value is -1.59. The van der Waals surface area contributed by atoms with Crippen LogP contribution in [0.15, 0.2) is 35.5 Å². The summed E-state index contributed by atoms with van der Waals surface area (Å²) in [4.78, 5) is 12.5. The molecule has 1 atom stereocenters. The van der Waals surface area contributed by atoms with E-state index in [1.807, 2.05) is 31.2 Å². The maximum atomic E-state index is 12.5. The van der Waals surface area contributed by atoms with Crippen LogP contribution >= 0.6 is 23.8 Å². The zero-order chi connectivity index (χ0) is 15.0. The lowest BCUT2D eigenvalue weighted by Crippen LogP contribution is -2.47. The van der Waals surface area contributed by atoms with Gasteiger partial charge in [-0.25, -0.2) is 0 Å². The minimum absolute atomic E-state index is 0.0533. The Labute approximate surface area is 133 Å². The summed E-state index contributed by atoms with van der Waals surface area (Å²) in [6.07, 6.45) is 2.11. The van der Waals surface area contributed by atoms with Crippen LogP contribution in [0.5, 0.6) is 0 Å². The standard InChI is InChI=1S/C15H16ClN3OS/c1-8-12(14(20)18-11-5-6-11)13(19-15(21)17-8)9-3-2-4-10(16)7-9/h2-4,7,11,13H,5-6H2,1H3,(H,18,20)(H2,17,19,21)/t13-/m1/s1. The van der Waals surface area contributed by atoms with Gasteiger partial charge in [-0.2, -0.15) is 0 Å². The van der Waals surface area contributed by atoms with Crippen molar-refractivity contribution in [2.45, 2.75) is 31.8 Å². The number of hydrogen-bond acceptors (Lipinski definition) is 2. The van der Waals surface area contributed by atoms with Crippen LogP contribution in [0.25, 0.3) is 0 Å². The van der Waals surface area contributed by atoms with Gasteiger partial charge in [0.15, 0.2) is 5.11 Å². The number of allylic oxidation sites excluding steroid dienone is 1. The summed E-state index contributed by atoms with van der Waals surface area (Å²) < 4.78 is 0. The first-order valence-corrected chi connectivity index (χ1v) is 7.68. The van der Waals surface area contributed by atoms with Crippen molar-refractivity contribution >= 4 is 34.8 Å². The Kier molecular flexibility index (Phi) is 3.87. The van der Waals surface area contributed by atoms with Gasteiger partial charge in [-0.05, 0) is 49.7 Å². The molecule has 0 bridgehead atoms. The van der Waals surface area contributed by atoms with Crippen LogP contribution in [0.4, 0.5) is 0 Å². The minimum atomic E-state index is -0.281. The number of nitrogens with one attached hydrogen (secondary N) is 3. The first-order valence-electron chi connectivity index (χ1n) is 6.89. The summed E-state index contributed by atoms with van der Waals surface area (Å²) >= 11 is 11.3. The molecule has 2 aliphatic rings. The summed E-state index contributed by atoms with van der Waals surface area (Å²) in [6.45, 7) is 1.87. The lowest BCUT2D eigenvalue weighted by molar-refractivity contribution is -0.118. The number of thiocarbonyl (C=S) groups is 1. The van der Waals surface area contributed by atoms with Crippen LogP contribution in [0.3, 0.4) is 0 Å². The summed E-state index contributed by atoms with van der Waals surface area (Å²) in [5.41, 5.74) is 2.37. The Bertz CT molecular complexity index is 640. The molecule has 1 saturated carbocycles. The molecule has 1 aliphatic heterocycles. The molecule has 1 fully saturated rings. The number of hydrogen-bond donors (Lipinski definition) is 3. The van der Waals surface area contributed by atoms with Crippen LogP contribution in [-0.2, 0) is 4.79 Å². The van der Waals surface area contributed by atoms with E-state index in [4.69, 9.17) is 23.8 Å². The van der Waals surface area contributed by atoms with Gasteiger partial charge in [-0.1, -0.05) is 23.7 Å². The molecule has 6 heteroatoms. The lowest BCUT2D eigenvalue weighted by atomic mass is 9.95. The van der Waals surface area contributed by atoms with Gasteiger partial charge in [0.1, 0.15) is 0 Å². The zero-order valence-corrected chi connectivity index (χ0v) is 13.1. The first-order chi connectivity index (χ1) is 10.0. The number of carbonyl (C=O) groups is 1. The minimum Gasteiger partial charge on any atom is -0.351 e. The normalized spacial score (nSPS) is 21.6. The van der Waals surface area contributed by atoms with E-state index >= 15 is 0 Å². The largest absolute Gasteiger partial charge is 0.351 e. The fourth-order valence-corrected chi connectivity index (χ4v) is 2.89. The summed E-state index contributed by atoms with van der Waals surface area (Å²) in [6, 6.07) is 7.50. The van der Waals surface area contributed by atoms with Gasteiger partial charge in [0, 0.05) is 16.8 Å². The van der Waals surface area contributed by atoms with Crippen LogP contribution in [0, 0.1) is 0 Å². The van der Waals surface area contributed by atoms with Gasteiger partial charge < -0.3 is 16.0 Å². The van der Waals surface area contributed by atoms with Gasteiger partial charge in [0.2, 0.25) is 0 Å². The van der Waals surface area contributed by atoms with E-state index in [1.54, 1.807) is 0 Å². The Morgan fingerprint density at radius 2 is 2.19 bits per heavy atom. The monoisotopic (exact) mass is 321 g/mol. The van der Waals surface area contributed by atoms with Crippen molar-refractivity contribution in [2.75, 3.05) is 0 Å². The summed E-state index contributed by atoms with van der Waals surface area (Å²) in [5.74, 6) is -0.0533. The highest BCUT2D eigenvalue weighted by Gasteiger charge is 2.32. The molecule has 110 valence electrons. The van der Waals surface area contributed by atoms with Crippen LogP contribution in [-0.4, -0.2) is 17.1 Å². The maximum absolute atomic E-state index is 12.5. The van der Waals surface area contributed by atoms with Gasteiger partial charge >= 0.3 is 0 Å². The van der Waals surface area contributed by atoms with E-state index in [0.717, 1.165) is 24.1 Å². The summed E-state index contributed by atoms with van der Waals surface area (Å²) in [7, 11) is 0. The van der Waals surface area contributed by atoms with E-state index in [9.17, 15) is 4.79 Å². The SMILES string of the molecule is CC1=C(C(=O)NC2CC2)[C@@H](c2cccc(Cl)c2)NC(=S)N1. The molecule has 0 spiro atoms. The number of carbonyl (C=O) groups excluding carboxylic acids is 1. The Morgan fingerprint density at radius 3 is 2.86 bits per heavy atom. The quantitative estimate of drug-likeness (QED) is 0.748. The molecule has 0 radical (unpaired) electrons. The molecule has 4 nitrogen and oxygen atoms in total. The fourth-order valence-electron chi connectivity index (χ4n) is 2.42. The maximum Gasteiger partial charge on any atom is 0.251 e. The van der Waals surface area contributed by atoms with Crippen LogP contribution in [0.1, 0.15) is 31.4 Å². The molecule has 0 saturated heterocycles. The van der Waals surface area contributed by atoms with E-state index in [1.165, 1.54) is 0 Å². The smallest absolute Gasteiger partial charge is 0.251 e. The molecule has 1 aliphatic carbocycles. The highest BCUT2D eigenvalue weighted by Crippen LogP contribution is 2.29. The molecular weight excluding hydrogens is 306 g/mol. The second kappa shape index (κ2) is 5.66. The van der Waals surface area contributed by atoms with E-state index in [0.29, 0.717) is 21.8 Å². The van der Waals surface area contributed by atoms with Gasteiger partial charge in [0.05, 0.1) is 11.6 Å². The number of halogens is 1. The molecular formula is C15H16ClN3OS. The average Bonchev–Trinajstić information content (AvgIpc) is 3.21. The van der Waals surface area contributed by atoms with Crippen molar-refractivity contribution in [2.24, 2.45) is 0 Å². The van der Waals surface area contributed by atoms with E-state index < -0.39 is 0 Å². The molecule has 1 heterocycles. The topological polar surface area (TPSA) is 53.2 Å². The second-order valence-corrected chi connectivity index (χ2v) is 6.22. The van der Waals surface area contributed by atoms with Crippen molar-refractivity contribution < 1.29 is 4.79 Å². The highest BCUT2D eigenvalue weighted by molar-refractivity contribution is 7.80. The predicted molar refractivity (Wildman–Crippen MR) is 86.9 cm³/mol. The van der Waals surface area contributed by atoms with Crippen LogP contribution < -0.4 is 16.0 Å².